The maximum absolute atomic E-state index is 12.1. The van der Waals surface area contributed by atoms with Crippen molar-refractivity contribution in [3.8, 4) is 0 Å². The Morgan fingerprint density at radius 2 is 1.95 bits per heavy atom. The van der Waals surface area contributed by atoms with Gasteiger partial charge in [-0.25, -0.2) is 13.1 Å². The van der Waals surface area contributed by atoms with Gasteiger partial charge in [0.1, 0.15) is 0 Å². The molecule has 1 aromatic heterocycles. The van der Waals surface area contributed by atoms with E-state index in [1.807, 2.05) is 24.3 Å². The fraction of sp³-hybridized carbons (Fsp3) is 0.357. The largest absolute Gasteiger partial charge is 0.324 e. The van der Waals surface area contributed by atoms with Crippen LogP contribution in [0.4, 0.5) is 0 Å². The minimum absolute atomic E-state index is 0.0998. The average molecular weight is 293 g/mol. The molecular weight excluding hydrogens is 274 g/mol. The summed E-state index contributed by atoms with van der Waals surface area (Å²) in [5.74, 6) is -0.0998. The quantitative estimate of drug-likeness (QED) is 0.872. The van der Waals surface area contributed by atoms with Crippen molar-refractivity contribution in [2.45, 2.75) is 25.1 Å². The lowest BCUT2D eigenvalue weighted by Gasteiger charge is -2.19. The number of aromatic nitrogens is 1. The standard InChI is InChI=1S/C14H19N3O2S/c1-14(2,15)10-17-20(18,19)9-12-6-3-5-11-7-4-8-16-13(11)12/h3-8,17H,9-10,15H2,1-2H3. The number of nitrogens with one attached hydrogen (secondary N) is 1. The topological polar surface area (TPSA) is 85.1 Å². The fourth-order valence-electron chi connectivity index (χ4n) is 1.84. The molecule has 1 aromatic carbocycles. The molecule has 0 bridgehead atoms. The second-order valence-electron chi connectivity index (χ2n) is 5.56. The van der Waals surface area contributed by atoms with Gasteiger partial charge in [0.15, 0.2) is 0 Å². The Labute approximate surface area is 119 Å². The van der Waals surface area contributed by atoms with Gasteiger partial charge in [0.25, 0.3) is 0 Å². The summed E-state index contributed by atoms with van der Waals surface area (Å²) in [7, 11) is -3.43. The molecule has 0 aliphatic heterocycles. The van der Waals surface area contributed by atoms with E-state index < -0.39 is 15.6 Å². The first-order valence-corrected chi connectivity index (χ1v) is 8.01. The van der Waals surface area contributed by atoms with Crippen molar-refractivity contribution >= 4 is 20.9 Å². The molecule has 1 heterocycles. The van der Waals surface area contributed by atoms with E-state index in [1.54, 1.807) is 26.1 Å². The normalized spacial score (nSPS) is 12.8. The van der Waals surface area contributed by atoms with E-state index in [-0.39, 0.29) is 12.3 Å². The highest BCUT2D eigenvalue weighted by Crippen LogP contribution is 2.17. The van der Waals surface area contributed by atoms with Gasteiger partial charge in [0.2, 0.25) is 10.0 Å². The summed E-state index contributed by atoms with van der Waals surface area (Å²) in [5.41, 5.74) is 6.61. The lowest BCUT2D eigenvalue weighted by molar-refractivity contribution is 0.497. The molecule has 0 unspecified atom stereocenters. The zero-order valence-corrected chi connectivity index (χ0v) is 12.4. The highest BCUT2D eigenvalue weighted by molar-refractivity contribution is 7.88. The van der Waals surface area contributed by atoms with Gasteiger partial charge < -0.3 is 5.73 Å². The van der Waals surface area contributed by atoms with E-state index in [0.29, 0.717) is 11.1 Å². The van der Waals surface area contributed by atoms with E-state index in [0.717, 1.165) is 5.39 Å². The van der Waals surface area contributed by atoms with Crippen molar-refractivity contribution in [3.05, 3.63) is 42.1 Å². The van der Waals surface area contributed by atoms with Crippen LogP contribution in [0.25, 0.3) is 10.9 Å². The van der Waals surface area contributed by atoms with Gasteiger partial charge >= 0.3 is 0 Å². The molecule has 108 valence electrons. The van der Waals surface area contributed by atoms with Crippen LogP contribution in [0.5, 0.6) is 0 Å². The zero-order valence-electron chi connectivity index (χ0n) is 11.6. The van der Waals surface area contributed by atoms with Gasteiger partial charge in [-0.1, -0.05) is 24.3 Å². The third-order valence-electron chi connectivity index (χ3n) is 2.81. The molecule has 0 radical (unpaired) electrons. The number of hydrogen-bond donors (Lipinski definition) is 2. The van der Waals surface area contributed by atoms with Crippen LogP contribution >= 0.6 is 0 Å². The Morgan fingerprint density at radius 3 is 2.65 bits per heavy atom. The molecule has 0 aliphatic rings. The maximum atomic E-state index is 12.1. The zero-order chi connectivity index (χ0) is 14.8. The second kappa shape index (κ2) is 5.47. The Morgan fingerprint density at radius 1 is 1.25 bits per heavy atom. The van der Waals surface area contributed by atoms with Crippen molar-refractivity contribution in [3.63, 3.8) is 0 Å². The van der Waals surface area contributed by atoms with E-state index >= 15 is 0 Å². The van der Waals surface area contributed by atoms with Gasteiger partial charge in [-0.2, -0.15) is 0 Å². The van der Waals surface area contributed by atoms with Gasteiger partial charge in [-0.3, -0.25) is 4.98 Å². The third-order valence-corrected chi connectivity index (χ3v) is 4.08. The summed E-state index contributed by atoms with van der Waals surface area (Å²) in [6.45, 7) is 3.75. The molecule has 0 aliphatic carbocycles. The second-order valence-corrected chi connectivity index (χ2v) is 7.37. The Balaban J connectivity index is 2.24. The predicted molar refractivity (Wildman–Crippen MR) is 80.6 cm³/mol. The van der Waals surface area contributed by atoms with Crippen LogP contribution in [0.2, 0.25) is 0 Å². The van der Waals surface area contributed by atoms with Crippen LogP contribution in [-0.2, 0) is 15.8 Å². The smallest absolute Gasteiger partial charge is 0.215 e. The molecule has 3 N–H and O–H groups in total. The van der Waals surface area contributed by atoms with Crippen molar-refractivity contribution in [2.75, 3.05) is 6.54 Å². The molecule has 0 spiro atoms. The number of hydrogen-bond acceptors (Lipinski definition) is 4. The SMILES string of the molecule is CC(C)(N)CNS(=O)(=O)Cc1cccc2cccnc12. The molecule has 0 saturated carbocycles. The summed E-state index contributed by atoms with van der Waals surface area (Å²) in [6, 6.07) is 9.27. The predicted octanol–water partition coefficient (Wildman–Crippen LogP) is 1.39. The van der Waals surface area contributed by atoms with Crippen LogP contribution in [-0.4, -0.2) is 25.5 Å². The number of rotatable bonds is 5. The summed E-state index contributed by atoms with van der Waals surface area (Å²) < 4.78 is 26.7. The highest BCUT2D eigenvalue weighted by atomic mass is 32.2. The summed E-state index contributed by atoms with van der Waals surface area (Å²) >= 11 is 0. The lowest BCUT2D eigenvalue weighted by Crippen LogP contribution is -2.45. The van der Waals surface area contributed by atoms with Crippen LogP contribution in [0.15, 0.2) is 36.5 Å². The minimum atomic E-state index is -3.43. The minimum Gasteiger partial charge on any atom is -0.324 e. The number of nitrogens with two attached hydrogens (primary N) is 1. The van der Waals surface area contributed by atoms with Gasteiger partial charge in [0.05, 0.1) is 11.3 Å². The van der Waals surface area contributed by atoms with E-state index in [4.69, 9.17) is 5.73 Å². The van der Waals surface area contributed by atoms with E-state index in [1.165, 1.54) is 0 Å². The molecule has 0 amide bonds. The monoisotopic (exact) mass is 293 g/mol. The molecule has 5 nitrogen and oxygen atoms in total. The van der Waals surface area contributed by atoms with E-state index in [2.05, 4.69) is 9.71 Å². The number of sulfonamides is 1. The van der Waals surface area contributed by atoms with Crippen molar-refractivity contribution < 1.29 is 8.42 Å². The van der Waals surface area contributed by atoms with Crippen molar-refractivity contribution in [1.29, 1.82) is 0 Å². The number of pyridine rings is 1. The summed E-state index contributed by atoms with van der Waals surface area (Å²) in [6.07, 6.45) is 1.66. The van der Waals surface area contributed by atoms with Crippen LogP contribution < -0.4 is 10.5 Å². The number of benzene rings is 1. The first-order valence-electron chi connectivity index (χ1n) is 6.36. The molecule has 6 heteroatoms. The van der Waals surface area contributed by atoms with Gasteiger partial charge in [-0.15, -0.1) is 0 Å². The Bertz CT molecular complexity index is 700. The Hall–Kier alpha value is -1.50. The summed E-state index contributed by atoms with van der Waals surface area (Å²) in [5, 5.41) is 0.930. The van der Waals surface area contributed by atoms with Crippen molar-refractivity contribution in [1.82, 2.24) is 9.71 Å². The third kappa shape index (κ3) is 4.00. The summed E-state index contributed by atoms with van der Waals surface area (Å²) in [4.78, 5) is 4.26. The van der Waals surface area contributed by atoms with Crippen LogP contribution in [0, 0.1) is 0 Å². The molecule has 20 heavy (non-hydrogen) atoms. The fourth-order valence-corrected chi connectivity index (χ4v) is 3.17. The van der Waals surface area contributed by atoms with Gasteiger partial charge in [0, 0.05) is 23.7 Å². The molecule has 0 atom stereocenters. The highest BCUT2D eigenvalue weighted by Gasteiger charge is 2.18. The first-order chi connectivity index (χ1) is 9.27. The number of nitrogens with zero attached hydrogens (tertiary/aromatic N) is 1. The van der Waals surface area contributed by atoms with Crippen LogP contribution in [0.1, 0.15) is 19.4 Å². The van der Waals surface area contributed by atoms with E-state index in [9.17, 15) is 8.42 Å². The first kappa shape index (κ1) is 14.9. The number of para-hydroxylation sites is 1. The van der Waals surface area contributed by atoms with Crippen molar-refractivity contribution in [2.24, 2.45) is 5.73 Å². The van der Waals surface area contributed by atoms with Gasteiger partial charge in [-0.05, 0) is 25.5 Å². The molecule has 2 rings (SSSR count). The average Bonchev–Trinajstić information content (AvgIpc) is 2.36. The molecule has 0 fully saturated rings. The molecular formula is C14H19N3O2S. The molecule has 0 saturated heterocycles. The molecule has 2 aromatic rings. The maximum Gasteiger partial charge on any atom is 0.215 e. The van der Waals surface area contributed by atoms with Crippen LogP contribution in [0.3, 0.4) is 0 Å². The lowest BCUT2D eigenvalue weighted by atomic mass is 10.1. The number of fused-ring (bicyclic) bond motifs is 1. The Kier molecular flexibility index (Phi) is 4.08.